The molecule has 5 heteroatoms. The lowest BCUT2D eigenvalue weighted by atomic mass is 10.2. The van der Waals surface area contributed by atoms with E-state index in [1.807, 2.05) is 6.92 Å². The predicted octanol–water partition coefficient (Wildman–Crippen LogP) is 1.48. The van der Waals surface area contributed by atoms with Crippen LogP contribution >= 0.6 is 0 Å². The van der Waals surface area contributed by atoms with Gasteiger partial charge in [0.15, 0.2) is 6.61 Å². The smallest absolute Gasteiger partial charge is 0.258 e. The molecule has 0 aromatic heterocycles. The van der Waals surface area contributed by atoms with E-state index in [0.717, 1.165) is 0 Å². The van der Waals surface area contributed by atoms with Crippen molar-refractivity contribution in [2.24, 2.45) is 0 Å². The zero-order chi connectivity index (χ0) is 13.4. The van der Waals surface area contributed by atoms with Crippen LogP contribution in [-0.2, 0) is 4.79 Å². The highest BCUT2D eigenvalue weighted by molar-refractivity contribution is 5.77. The molecule has 0 aliphatic heterocycles. The maximum absolute atomic E-state index is 12.8. The highest BCUT2D eigenvalue weighted by Gasteiger charge is 2.07. The van der Waals surface area contributed by atoms with Crippen LogP contribution in [0.1, 0.15) is 19.8 Å². The second-order valence-corrected chi connectivity index (χ2v) is 4.08. The van der Waals surface area contributed by atoms with Gasteiger partial charge < -0.3 is 15.2 Å². The van der Waals surface area contributed by atoms with Crippen molar-refractivity contribution in [3.8, 4) is 5.75 Å². The van der Waals surface area contributed by atoms with Gasteiger partial charge >= 0.3 is 0 Å². The summed E-state index contributed by atoms with van der Waals surface area (Å²) in [4.78, 5) is 11.5. The van der Waals surface area contributed by atoms with Crippen molar-refractivity contribution in [3.63, 3.8) is 0 Å². The lowest BCUT2D eigenvalue weighted by Gasteiger charge is -2.13. The summed E-state index contributed by atoms with van der Waals surface area (Å²) in [5, 5.41) is 11.4. The van der Waals surface area contributed by atoms with Crippen molar-refractivity contribution in [1.29, 1.82) is 0 Å². The molecule has 1 rings (SSSR count). The molecule has 0 bridgehead atoms. The second-order valence-electron chi connectivity index (χ2n) is 4.08. The lowest BCUT2D eigenvalue weighted by molar-refractivity contribution is -0.123. The molecule has 1 atom stereocenters. The van der Waals surface area contributed by atoms with Gasteiger partial charge in [-0.1, -0.05) is 6.07 Å². The maximum Gasteiger partial charge on any atom is 0.258 e. The van der Waals surface area contributed by atoms with Crippen molar-refractivity contribution in [1.82, 2.24) is 5.32 Å². The third-order valence-electron chi connectivity index (χ3n) is 2.37. The molecule has 0 aliphatic carbocycles. The Morgan fingerprint density at radius 1 is 1.56 bits per heavy atom. The Balaban J connectivity index is 2.28. The number of benzene rings is 1. The quantitative estimate of drug-likeness (QED) is 0.776. The Labute approximate surface area is 106 Å². The number of halogens is 1. The number of carbonyl (C=O) groups is 1. The largest absolute Gasteiger partial charge is 0.484 e. The first-order valence-electron chi connectivity index (χ1n) is 5.90. The molecule has 0 radical (unpaired) electrons. The normalized spacial score (nSPS) is 11.9. The van der Waals surface area contributed by atoms with Gasteiger partial charge in [0.1, 0.15) is 11.6 Å². The highest BCUT2D eigenvalue weighted by atomic mass is 19.1. The third kappa shape index (κ3) is 5.63. The van der Waals surface area contributed by atoms with Crippen LogP contribution < -0.4 is 10.1 Å². The minimum absolute atomic E-state index is 0.0132. The summed E-state index contributed by atoms with van der Waals surface area (Å²) in [6.45, 7) is 1.82. The lowest BCUT2D eigenvalue weighted by Crippen LogP contribution is -2.36. The molecule has 0 spiro atoms. The van der Waals surface area contributed by atoms with Crippen molar-refractivity contribution < 1.29 is 19.0 Å². The van der Waals surface area contributed by atoms with Crippen LogP contribution in [0.2, 0.25) is 0 Å². The zero-order valence-electron chi connectivity index (χ0n) is 10.4. The Morgan fingerprint density at radius 2 is 2.33 bits per heavy atom. The van der Waals surface area contributed by atoms with Crippen LogP contribution in [0.25, 0.3) is 0 Å². The molecule has 1 amide bonds. The van der Waals surface area contributed by atoms with E-state index in [9.17, 15) is 9.18 Å². The molecule has 0 aliphatic rings. The maximum atomic E-state index is 12.8. The van der Waals surface area contributed by atoms with E-state index in [0.29, 0.717) is 18.6 Å². The topological polar surface area (TPSA) is 58.6 Å². The Hall–Kier alpha value is -1.62. The van der Waals surface area contributed by atoms with Crippen LogP contribution in [0.5, 0.6) is 5.75 Å². The van der Waals surface area contributed by atoms with Gasteiger partial charge in [-0.25, -0.2) is 4.39 Å². The van der Waals surface area contributed by atoms with Crippen LogP contribution in [0, 0.1) is 5.82 Å². The van der Waals surface area contributed by atoms with Crippen LogP contribution in [0.4, 0.5) is 4.39 Å². The van der Waals surface area contributed by atoms with Crippen molar-refractivity contribution >= 4 is 5.91 Å². The number of ether oxygens (including phenoxy) is 1. The Morgan fingerprint density at radius 3 is 3.00 bits per heavy atom. The number of hydrogen-bond acceptors (Lipinski definition) is 3. The number of hydrogen-bond donors (Lipinski definition) is 2. The summed E-state index contributed by atoms with van der Waals surface area (Å²) in [5.41, 5.74) is 0. The molecule has 18 heavy (non-hydrogen) atoms. The van der Waals surface area contributed by atoms with E-state index in [2.05, 4.69) is 5.32 Å². The minimum Gasteiger partial charge on any atom is -0.484 e. The first-order chi connectivity index (χ1) is 8.61. The van der Waals surface area contributed by atoms with E-state index in [1.54, 1.807) is 6.07 Å². The fourth-order valence-corrected chi connectivity index (χ4v) is 1.49. The van der Waals surface area contributed by atoms with E-state index in [-0.39, 0.29) is 25.2 Å². The van der Waals surface area contributed by atoms with E-state index >= 15 is 0 Å². The molecule has 0 fully saturated rings. The second kappa shape index (κ2) is 7.66. The van der Waals surface area contributed by atoms with Crippen LogP contribution in [0.15, 0.2) is 24.3 Å². The first kappa shape index (κ1) is 14.4. The molecule has 100 valence electrons. The molecule has 0 saturated heterocycles. The molecule has 0 heterocycles. The number of aliphatic hydroxyl groups is 1. The molecule has 0 saturated carbocycles. The van der Waals surface area contributed by atoms with Gasteiger partial charge in [-0.3, -0.25) is 4.79 Å². The zero-order valence-corrected chi connectivity index (χ0v) is 10.4. The van der Waals surface area contributed by atoms with Gasteiger partial charge in [0.2, 0.25) is 0 Å². The highest BCUT2D eigenvalue weighted by Crippen LogP contribution is 2.11. The third-order valence-corrected chi connectivity index (χ3v) is 2.37. The average molecular weight is 255 g/mol. The number of rotatable bonds is 7. The number of nitrogens with one attached hydrogen (secondary N) is 1. The molecular weight excluding hydrogens is 237 g/mol. The fourth-order valence-electron chi connectivity index (χ4n) is 1.49. The molecule has 4 nitrogen and oxygen atoms in total. The van der Waals surface area contributed by atoms with Gasteiger partial charge in [0.25, 0.3) is 5.91 Å². The number of amides is 1. The first-order valence-corrected chi connectivity index (χ1v) is 5.90. The summed E-state index contributed by atoms with van der Waals surface area (Å²) >= 11 is 0. The molecule has 2 N–H and O–H groups in total. The summed E-state index contributed by atoms with van der Waals surface area (Å²) in [7, 11) is 0. The molecule has 1 aromatic carbocycles. The standard InChI is InChI=1S/C13H18FNO3/c1-10(4-3-7-16)15-13(17)9-18-12-6-2-5-11(14)8-12/h2,5-6,8,10,16H,3-4,7,9H2,1H3,(H,15,17). The van der Waals surface area contributed by atoms with Gasteiger partial charge in [-0.05, 0) is 31.9 Å². The van der Waals surface area contributed by atoms with Crippen molar-refractivity contribution in [3.05, 3.63) is 30.1 Å². The van der Waals surface area contributed by atoms with Gasteiger partial charge in [0, 0.05) is 18.7 Å². The Bertz CT molecular complexity index is 384. The van der Waals surface area contributed by atoms with Crippen molar-refractivity contribution in [2.45, 2.75) is 25.8 Å². The van der Waals surface area contributed by atoms with E-state index in [4.69, 9.17) is 9.84 Å². The minimum atomic E-state index is -0.399. The van der Waals surface area contributed by atoms with Gasteiger partial charge in [0.05, 0.1) is 0 Å². The molecule has 1 unspecified atom stereocenters. The summed E-state index contributed by atoms with van der Waals surface area (Å²) in [6.07, 6.45) is 1.36. The van der Waals surface area contributed by atoms with Gasteiger partial charge in [-0.2, -0.15) is 0 Å². The predicted molar refractivity (Wildman–Crippen MR) is 65.8 cm³/mol. The summed E-state index contributed by atoms with van der Waals surface area (Å²) < 4.78 is 18.0. The van der Waals surface area contributed by atoms with Gasteiger partial charge in [-0.15, -0.1) is 0 Å². The average Bonchev–Trinajstić information content (AvgIpc) is 2.34. The number of aliphatic hydroxyl groups excluding tert-OH is 1. The van der Waals surface area contributed by atoms with Crippen LogP contribution in [0.3, 0.4) is 0 Å². The number of carbonyl (C=O) groups excluding carboxylic acids is 1. The molecule has 1 aromatic rings. The van der Waals surface area contributed by atoms with Crippen LogP contribution in [-0.4, -0.2) is 30.3 Å². The van der Waals surface area contributed by atoms with E-state index in [1.165, 1.54) is 18.2 Å². The summed E-state index contributed by atoms with van der Waals surface area (Å²) in [5.74, 6) is -0.331. The fraction of sp³-hybridized carbons (Fsp3) is 0.462. The monoisotopic (exact) mass is 255 g/mol. The Kier molecular flexibility index (Phi) is 6.14. The SMILES string of the molecule is CC(CCCO)NC(=O)COc1cccc(F)c1. The summed E-state index contributed by atoms with van der Waals surface area (Å²) in [6, 6.07) is 5.63. The molecular formula is C13H18FNO3. The van der Waals surface area contributed by atoms with Crippen molar-refractivity contribution in [2.75, 3.05) is 13.2 Å². The van der Waals surface area contributed by atoms with E-state index < -0.39 is 5.82 Å².